The Hall–Kier alpha value is -13.6. The molecule has 0 saturated carbocycles. The summed E-state index contributed by atoms with van der Waals surface area (Å²) in [6.45, 7) is 2.91. The largest absolute Gasteiger partial charge is 0.489 e. The summed E-state index contributed by atoms with van der Waals surface area (Å²) in [5.41, 5.74) is 13.5. The maximum Gasteiger partial charge on any atom is 0.164 e. The van der Waals surface area contributed by atoms with Crippen LogP contribution in [0.15, 0.2) is 291 Å². The molecule has 17 rings (SSSR count). The molecule has 0 saturated heterocycles. The summed E-state index contributed by atoms with van der Waals surface area (Å²) in [6, 6.07) is 98.5. The fourth-order valence-electron chi connectivity index (χ4n) is 14.1. The van der Waals surface area contributed by atoms with Gasteiger partial charge in [0.15, 0.2) is 69.3 Å². The summed E-state index contributed by atoms with van der Waals surface area (Å²) >= 11 is 0. The van der Waals surface area contributed by atoms with Crippen LogP contribution in [0.4, 0.5) is 0 Å². The van der Waals surface area contributed by atoms with Crippen LogP contribution in [0.1, 0.15) is 44.5 Å². The number of H-pyrrole nitrogens is 2. The van der Waals surface area contributed by atoms with Crippen LogP contribution in [-0.2, 0) is 51.4 Å². The standard InChI is InChI=1S/C96H82N8O8/c1-9-25-65(26-10-1)41-49-105-81-57-73-74(58-82(81)106-50-42-66-27-11-2-12-28-66)90-97-89(73)101-91-75-59-83(107-51-43-67-29-13-3-14-30-67)84(108-52-44-68-31-15-4-16-32-68)60-76(75)93(98-91)103-95-79-63-87(111-55-47-71-37-21-7-22-38-71)88(112-56-48-72-39-23-8-24-40-72)64-80(79)96(100-95)104-94-78-62-86(110-54-46-70-35-19-6-20-36-70)85(61-77(78)92(99-94)102-90)109-53-45-69-33-17-5-18-34-69/h1-40,57-64H,41-56H2,(H2,97,98,99,100,101,102,103,104). The molecule has 0 fully saturated rings. The number of aromatic nitrogens is 8. The average Bonchev–Trinajstić information content (AvgIpc) is 1.59. The van der Waals surface area contributed by atoms with Crippen LogP contribution in [0, 0.1) is 0 Å². The second-order valence-electron chi connectivity index (χ2n) is 27.7. The van der Waals surface area contributed by atoms with E-state index in [1.807, 2.05) is 194 Å². The van der Waals surface area contributed by atoms with Gasteiger partial charge < -0.3 is 47.9 Å². The van der Waals surface area contributed by atoms with Gasteiger partial charge in [-0.1, -0.05) is 243 Å². The minimum absolute atomic E-state index is 0.352. The molecule has 0 spiro atoms. The highest BCUT2D eigenvalue weighted by atomic mass is 16.5. The number of fused-ring (bicyclic) bond motifs is 20. The van der Waals surface area contributed by atoms with Gasteiger partial charge >= 0.3 is 0 Å². The van der Waals surface area contributed by atoms with Crippen LogP contribution >= 0.6 is 0 Å². The van der Waals surface area contributed by atoms with Crippen molar-refractivity contribution in [3.05, 3.63) is 336 Å². The number of rotatable bonds is 32. The van der Waals surface area contributed by atoms with E-state index in [9.17, 15) is 0 Å². The molecule has 0 aliphatic carbocycles. The molecule has 2 aliphatic rings. The number of nitrogens with zero attached hydrogens (tertiary/aromatic N) is 6. The molecule has 16 nitrogen and oxygen atoms in total. The summed E-state index contributed by atoms with van der Waals surface area (Å²) in [7, 11) is 0. The minimum Gasteiger partial charge on any atom is -0.489 e. The molecule has 112 heavy (non-hydrogen) atoms. The van der Waals surface area contributed by atoms with Crippen molar-refractivity contribution >= 4 is 44.1 Å². The van der Waals surface area contributed by atoms with Crippen LogP contribution in [0.2, 0.25) is 0 Å². The van der Waals surface area contributed by atoms with Crippen molar-refractivity contribution in [1.29, 1.82) is 0 Å². The zero-order valence-corrected chi connectivity index (χ0v) is 62.0. The monoisotopic (exact) mass is 1470 g/mol. The fourth-order valence-corrected chi connectivity index (χ4v) is 14.1. The lowest BCUT2D eigenvalue weighted by molar-refractivity contribution is 0.272. The van der Waals surface area contributed by atoms with Gasteiger partial charge in [0.1, 0.15) is 22.6 Å². The van der Waals surface area contributed by atoms with Crippen LogP contribution in [0.3, 0.4) is 0 Å². The summed E-state index contributed by atoms with van der Waals surface area (Å²) < 4.78 is 55.0. The SMILES string of the molecule is c1ccc(CCOc2cc3c(cc2OCCc2ccccc2)-c2nc-3nc3[nH]c(nc4nc(nc5[nH]c(n2)c2cc(OCCc6ccccc6)c(OCCc6ccccc6)cc52)-c2cc(OCCc5ccccc5)c(OCCc5ccccc5)cc2-4)c2cc(OCCc4ccccc4)c(OCCc4ccccc4)cc32)cc1. The molecule has 2 aliphatic heterocycles. The number of benzene rings is 12. The van der Waals surface area contributed by atoms with E-state index in [0.29, 0.717) is 240 Å². The summed E-state index contributed by atoms with van der Waals surface area (Å²) in [6.07, 6.45) is 5.23. The first kappa shape index (κ1) is 71.3. The Morgan fingerprint density at radius 2 is 0.330 bits per heavy atom. The summed E-state index contributed by atoms with van der Waals surface area (Å²) in [4.78, 5) is 40.9. The van der Waals surface area contributed by atoms with Crippen molar-refractivity contribution in [3.8, 4) is 91.5 Å². The van der Waals surface area contributed by atoms with Crippen molar-refractivity contribution in [2.24, 2.45) is 0 Å². The zero-order chi connectivity index (χ0) is 75.0. The summed E-state index contributed by atoms with van der Waals surface area (Å²) in [5.74, 6) is 5.64. The van der Waals surface area contributed by atoms with Gasteiger partial charge in [-0.2, -0.15) is 0 Å². The topological polar surface area (TPSA) is 183 Å². The second kappa shape index (κ2) is 34.3. The molecule has 3 aromatic heterocycles. The van der Waals surface area contributed by atoms with E-state index in [1.54, 1.807) is 0 Å². The maximum absolute atomic E-state index is 6.87. The number of hydrogen-bond donors (Lipinski definition) is 2. The van der Waals surface area contributed by atoms with E-state index >= 15 is 0 Å². The first-order valence-electron chi connectivity index (χ1n) is 38.4. The highest BCUT2D eigenvalue weighted by Crippen LogP contribution is 2.47. The minimum atomic E-state index is 0.352. The predicted octanol–water partition coefficient (Wildman–Crippen LogP) is 19.8. The number of hydrogen-bond acceptors (Lipinski definition) is 14. The maximum atomic E-state index is 6.87. The highest BCUT2D eigenvalue weighted by Gasteiger charge is 2.29. The molecule has 16 heteroatoms. The van der Waals surface area contributed by atoms with E-state index < -0.39 is 0 Å². The van der Waals surface area contributed by atoms with Gasteiger partial charge in [-0.25, -0.2) is 29.9 Å². The lowest BCUT2D eigenvalue weighted by Crippen LogP contribution is -2.06. The fraction of sp³-hybridized carbons (Fsp3) is 0.167. The van der Waals surface area contributed by atoms with Crippen LogP contribution in [0.25, 0.3) is 89.7 Å². The molecular formula is C96H82N8O8. The van der Waals surface area contributed by atoms with Crippen LogP contribution < -0.4 is 37.9 Å². The van der Waals surface area contributed by atoms with Crippen molar-refractivity contribution in [1.82, 2.24) is 39.9 Å². The van der Waals surface area contributed by atoms with E-state index in [1.165, 1.54) is 0 Å². The average molecular weight is 1480 g/mol. The Kier molecular flexibility index (Phi) is 21.9. The van der Waals surface area contributed by atoms with Gasteiger partial charge in [-0.05, 0) is 93.0 Å². The molecule has 15 aromatic rings. The molecular weight excluding hydrogens is 1390 g/mol. The van der Waals surface area contributed by atoms with Crippen LogP contribution in [0.5, 0.6) is 46.0 Å². The molecule has 8 bridgehead atoms. The van der Waals surface area contributed by atoms with E-state index in [-0.39, 0.29) is 0 Å². The lowest BCUT2D eigenvalue weighted by Gasteiger charge is -2.15. The molecule has 0 radical (unpaired) electrons. The Balaban J connectivity index is 0.900. The first-order chi connectivity index (χ1) is 55.5. The van der Waals surface area contributed by atoms with Gasteiger partial charge in [0, 0.05) is 95.2 Å². The molecule has 554 valence electrons. The van der Waals surface area contributed by atoms with Gasteiger partial charge in [-0.15, -0.1) is 0 Å². The first-order valence-corrected chi connectivity index (χ1v) is 38.4. The van der Waals surface area contributed by atoms with Crippen molar-refractivity contribution < 1.29 is 37.9 Å². The van der Waals surface area contributed by atoms with E-state index in [4.69, 9.17) is 67.8 Å². The third kappa shape index (κ3) is 17.1. The van der Waals surface area contributed by atoms with Gasteiger partial charge in [0.2, 0.25) is 0 Å². The van der Waals surface area contributed by atoms with Crippen molar-refractivity contribution in [3.63, 3.8) is 0 Å². The third-order valence-electron chi connectivity index (χ3n) is 20.0. The van der Waals surface area contributed by atoms with Gasteiger partial charge in [0.05, 0.1) is 52.9 Å². The third-order valence-corrected chi connectivity index (χ3v) is 20.0. The number of ether oxygens (including phenoxy) is 8. The predicted molar refractivity (Wildman–Crippen MR) is 441 cm³/mol. The molecule has 0 atom stereocenters. The van der Waals surface area contributed by atoms with Crippen molar-refractivity contribution in [2.45, 2.75) is 51.4 Å². The Morgan fingerprint density at radius 1 is 0.179 bits per heavy atom. The normalized spacial score (nSPS) is 11.4. The summed E-state index contributed by atoms with van der Waals surface area (Å²) in [5, 5.41) is 2.74. The Labute approximate surface area is 649 Å². The Bertz CT molecular complexity index is 5190. The molecule has 5 heterocycles. The molecule has 0 amide bonds. The zero-order valence-electron chi connectivity index (χ0n) is 62.0. The highest BCUT2D eigenvalue weighted by molar-refractivity contribution is 6.08. The quantitative estimate of drug-likeness (QED) is 0.0406. The Morgan fingerprint density at radius 3 is 0.491 bits per heavy atom. The van der Waals surface area contributed by atoms with Gasteiger partial charge in [0.25, 0.3) is 0 Å². The second-order valence-corrected chi connectivity index (χ2v) is 27.7. The van der Waals surface area contributed by atoms with Gasteiger partial charge in [-0.3, -0.25) is 0 Å². The number of nitrogens with one attached hydrogen (secondary N) is 2. The van der Waals surface area contributed by atoms with E-state index in [0.717, 1.165) is 44.5 Å². The molecule has 12 aromatic carbocycles. The van der Waals surface area contributed by atoms with Crippen molar-refractivity contribution in [2.75, 3.05) is 52.9 Å². The molecule has 0 unspecified atom stereocenters. The number of aromatic amines is 2. The van der Waals surface area contributed by atoms with E-state index in [2.05, 4.69) is 107 Å². The lowest BCUT2D eigenvalue weighted by atomic mass is 10.1. The van der Waals surface area contributed by atoms with Crippen LogP contribution in [-0.4, -0.2) is 92.7 Å². The molecule has 2 N–H and O–H groups in total. The smallest absolute Gasteiger partial charge is 0.164 e.